The summed E-state index contributed by atoms with van der Waals surface area (Å²) in [5, 5.41) is 27.4. The van der Waals surface area contributed by atoms with Gasteiger partial charge in [-0.25, -0.2) is 41.6 Å². The van der Waals surface area contributed by atoms with Crippen molar-refractivity contribution in [1.82, 2.24) is 19.9 Å². The zero-order valence-electron chi connectivity index (χ0n) is 34.9. The highest BCUT2D eigenvalue weighted by Crippen LogP contribution is 2.38. The molecule has 8 N–H and O–H groups in total. The molecular weight excluding hydrogens is 1280 g/mol. The molecule has 0 aliphatic heterocycles. The first-order valence-electron chi connectivity index (χ1n) is 17.6. The van der Waals surface area contributed by atoms with Crippen LogP contribution in [0.1, 0.15) is 60.1 Å². The first kappa shape index (κ1) is 74.6. The third-order valence-corrected chi connectivity index (χ3v) is 12.3. The van der Waals surface area contributed by atoms with Crippen LogP contribution in [-0.2, 0) is 31.4 Å². The Kier molecular flexibility index (Phi) is 30.9. The molecule has 411 valence electrons. The molecule has 0 spiro atoms. The molecule has 0 atom stereocenters. The molecule has 4 aromatic heterocycles. The zero-order chi connectivity index (χ0) is 55.3. The average molecular weight is 1320 g/mol. The number of aromatic nitrogens is 4. The maximum absolute atomic E-state index is 12.9. The van der Waals surface area contributed by atoms with E-state index in [0.717, 1.165) is 36.5 Å². The highest BCUT2D eigenvalue weighted by Gasteiger charge is 2.36. The van der Waals surface area contributed by atoms with E-state index in [4.69, 9.17) is 108 Å². The van der Waals surface area contributed by atoms with Crippen molar-refractivity contribution in [2.45, 2.75) is 44.4 Å². The number of nitrogens with one attached hydrogen (secondary N) is 1. The summed E-state index contributed by atoms with van der Waals surface area (Å²) in [5.41, 5.74) is 12.6. The number of nitriles is 1. The summed E-state index contributed by atoms with van der Waals surface area (Å²) < 4.78 is 124. The molecule has 6 aromatic rings. The zero-order valence-corrected chi connectivity index (χ0v) is 43.4. The van der Waals surface area contributed by atoms with Crippen LogP contribution in [0.4, 0.5) is 49.1 Å². The van der Waals surface area contributed by atoms with Crippen molar-refractivity contribution in [3.63, 3.8) is 0 Å². The lowest BCUT2D eigenvalue weighted by atomic mass is 10.2. The number of primary amides is 1. The minimum Gasteiger partial charge on any atom is -0.476 e. The van der Waals surface area contributed by atoms with E-state index in [1.807, 2.05) is 10.8 Å². The third-order valence-electron chi connectivity index (χ3n) is 7.47. The number of carbonyl (C=O) groups is 2. The van der Waals surface area contributed by atoms with Gasteiger partial charge >= 0.3 is 24.0 Å². The number of hydrogen-bond acceptors (Lipinski definition) is 15. The largest absolute Gasteiger partial charge is 0.476 e. The summed E-state index contributed by atoms with van der Waals surface area (Å²) in [5.74, 6) is -2.21. The number of nitrogens with zero attached hydrogens (tertiary/aromatic N) is 6. The van der Waals surface area contributed by atoms with Gasteiger partial charge in [0.2, 0.25) is 0 Å². The lowest BCUT2D eigenvalue weighted by Gasteiger charge is -2.13. The number of nitrogen functional groups attached to an aromatic ring is 2. The fourth-order valence-corrected chi connectivity index (χ4v) is 7.72. The predicted octanol–water partition coefficient (Wildman–Crippen LogP) is 12.7. The molecular formula is C40H34BBrCl7F6N10O9S2. The molecule has 0 bridgehead atoms. The van der Waals surface area contributed by atoms with Crippen molar-refractivity contribution >= 4 is 158 Å². The second-order valence-corrected chi connectivity index (χ2v) is 20.1. The number of nitrogens with two attached hydrogens (primary N) is 3. The van der Waals surface area contributed by atoms with Gasteiger partial charge < -0.3 is 22.3 Å². The van der Waals surface area contributed by atoms with Gasteiger partial charge in [-0.2, -0.15) is 31.6 Å². The minimum atomic E-state index is -4.87. The molecule has 2 aromatic carbocycles. The summed E-state index contributed by atoms with van der Waals surface area (Å²) >= 11 is 35.8. The maximum atomic E-state index is 12.9. The number of nitro groups is 1. The standard InChI is InChI=1S/C13H7Cl2F3N2O4S.C7H3Cl2F3O2S.C6H6ClN3O.C6H4ClN3.C5H2BrClN2O2.3CH4.B/c14-6-3-10(11(12(21)22)19-5-6)20-25(23,24)7-1-2-9(15)8(4-7)13(16,17)18;8-6-2-1-4(15(9,13)14)3-5(6)7(10,11)12;7-3-1-4(8)5(6(9)11)10-2-3;7-4-1-5(9)6(2-8)10-3-4;6-5-4(9(10)11)1-3(7)2-8-5;;;;/h1-5,20H,(H,21,22);1-3H;1-2H,8H2,(H2,9,11);1,3H,9H2;1-2H;3*1H4;. The molecule has 0 aliphatic rings. The Bertz CT molecular complexity index is 3300. The van der Waals surface area contributed by atoms with E-state index in [0.29, 0.717) is 27.9 Å². The molecule has 6 rings (SSSR count). The summed E-state index contributed by atoms with van der Waals surface area (Å²) in [6.07, 6.45) is -4.57. The van der Waals surface area contributed by atoms with Crippen molar-refractivity contribution in [2.24, 2.45) is 5.73 Å². The number of alkyl halides is 6. The number of carboxylic acid groups (broad SMARTS) is 1. The number of rotatable bonds is 7. The van der Waals surface area contributed by atoms with Crippen molar-refractivity contribution in [2.75, 3.05) is 16.2 Å². The molecule has 1 amide bonds. The second kappa shape index (κ2) is 31.5. The fourth-order valence-electron chi connectivity index (χ4n) is 4.40. The van der Waals surface area contributed by atoms with Crippen LogP contribution in [-0.4, -0.2) is 67.1 Å². The van der Waals surface area contributed by atoms with E-state index < -0.39 is 90.6 Å². The highest BCUT2D eigenvalue weighted by atomic mass is 79.9. The number of pyridine rings is 4. The average Bonchev–Trinajstić information content (AvgIpc) is 3.24. The highest BCUT2D eigenvalue weighted by molar-refractivity contribution is 9.10. The van der Waals surface area contributed by atoms with Crippen LogP contribution >= 0.6 is 96.2 Å². The first-order chi connectivity index (χ1) is 33.0. The molecule has 0 aliphatic carbocycles. The van der Waals surface area contributed by atoms with Crippen LogP contribution in [0.25, 0.3) is 0 Å². The Morgan fingerprint density at radius 1 is 0.697 bits per heavy atom. The van der Waals surface area contributed by atoms with Gasteiger partial charge in [-0.1, -0.05) is 91.9 Å². The molecule has 0 fully saturated rings. The van der Waals surface area contributed by atoms with Crippen molar-refractivity contribution < 1.29 is 62.8 Å². The Hall–Kier alpha value is -5.68. The van der Waals surface area contributed by atoms with Gasteiger partial charge in [0.05, 0.1) is 73.0 Å². The van der Waals surface area contributed by atoms with Gasteiger partial charge in [0.15, 0.2) is 21.7 Å². The Morgan fingerprint density at radius 3 is 1.50 bits per heavy atom. The summed E-state index contributed by atoms with van der Waals surface area (Å²) in [7, 11) is -3.85. The fraction of sp³-hybridized carbons (Fsp3) is 0.125. The molecule has 3 radical (unpaired) electrons. The van der Waals surface area contributed by atoms with Gasteiger partial charge in [-0.05, 0) is 70.5 Å². The van der Waals surface area contributed by atoms with Gasteiger partial charge in [0.1, 0.15) is 6.07 Å². The Morgan fingerprint density at radius 2 is 1.11 bits per heavy atom. The van der Waals surface area contributed by atoms with Gasteiger partial charge in [0.25, 0.3) is 25.0 Å². The number of amides is 1. The maximum Gasteiger partial charge on any atom is 0.417 e. The van der Waals surface area contributed by atoms with Crippen LogP contribution in [0.15, 0.2) is 99.8 Å². The SMILES string of the molecule is C.C.C.N#Cc1ncc(Cl)cc1N.NC(=O)c1ncc(Cl)cc1N.O=C(O)c1ncc(Cl)cc1NS(=O)(=O)c1ccc(Cl)c(C(F)(F)F)c1.O=S(=O)(Cl)c1ccc(Cl)c(C(F)(F)F)c1.O=[N+]([O-])c1cc(Cl)cnc1Br.[B]. The van der Waals surface area contributed by atoms with E-state index in [1.165, 1.54) is 36.8 Å². The number of benzene rings is 2. The number of carbonyl (C=O) groups excluding carboxylic acids is 1. The second-order valence-electron chi connectivity index (χ2n) is 12.6. The van der Waals surface area contributed by atoms with Crippen LogP contribution in [0, 0.1) is 21.4 Å². The van der Waals surface area contributed by atoms with E-state index in [2.05, 4.69) is 35.9 Å². The number of hydrogen-bond donors (Lipinski definition) is 5. The topological polar surface area (TPSA) is 331 Å². The van der Waals surface area contributed by atoms with Crippen LogP contribution < -0.4 is 21.9 Å². The predicted molar refractivity (Wildman–Crippen MR) is 283 cm³/mol. The van der Waals surface area contributed by atoms with Gasteiger partial charge in [-0.3, -0.25) is 19.6 Å². The monoisotopic (exact) mass is 1310 g/mol. The quantitative estimate of drug-likeness (QED) is 0.0248. The number of anilines is 3. The van der Waals surface area contributed by atoms with Gasteiger partial charge in [-0.15, -0.1) is 0 Å². The lowest BCUT2D eigenvalue weighted by Crippen LogP contribution is -2.17. The molecule has 0 saturated heterocycles. The minimum absolute atomic E-state index is 0. The van der Waals surface area contributed by atoms with Crippen molar-refractivity contribution in [3.05, 3.63) is 159 Å². The molecule has 19 nitrogen and oxygen atoms in total. The Balaban J connectivity index is -0.000000909. The smallest absolute Gasteiger partial charge is 0.417 e. The summed E-state index contributed by atoms with van der Waals surface area (Å²) in [6, 6.07) is 11.0. The Labute approximate surface area is 473 Å². The lowest BCUT2D eigenvalue weighted by molar-refractivity contribution is -0.386. The molecule has 36 heteroatoms. The summed E-state index contributed by atoms with van der Waals surface area (Å²) in [4.78, 5) is 44.4. The molecule has 0 saturated carbocycles. The van der Waals surface area contributed by atoms with Crippen molar-refractivity contribution in [1.29, 1.82) is 5.26 Å². The molecule has 0 unspecified atom stereocenters. The number of aromatic carboxylic acids is 1. The number of carboxylic acids is 1. The normalized spacial score (nSPS) is 10.4. The molecule has 4 heterocycles. The van der Waals surface area contributed by atoms with Crippen LogP contribution in [0.2, 0.25) is 30.1 Å². The third kappa shape index (κ3) is 23.3. The summed E-state index contributed by atoms with van der Waals surface area (Å²) in [6.45, 7) is 0. The van der Waals surface area contributed by atoms with Crippen LogP contribution in [0.3, 0.4) is 0 Å². The van der Waals surface area contributed by atoms with E-state index in [9.17, 15) is 62.9 Å². The molecule has 76 heavy (non-hydrogen) atoms. The first-order valence-corrected chi connectivity index (χ1v) is 24.4. The van der Waals surface area contributed by atoms with Crippen LogP contribution in [0.5, 0.6) is 0 Å². The van der Waals surface area contributed by atoms with E-state index in [-0.39, 0.29) is 68.1 Å². The number of halogens is 14. The van der Waals surface area contributed by atoms with E-state index >= 15 is 0 Å². The van der Waals surface area contributed by atoms with Crippen molar-refractivity contribution in [3.8, 4) is 6.07 Å². The van der Waals surface area contributed by atoms with E-state index in [1.54, 1.807) is 0 Å². The number of sulfonamides is 1. The van der Waals surface area contributed by atoms with Gasteiger partial charge in [0, 0.05) is 49.9 Å².